The first-order chi connectivity index (χ1) is 11.2. The van der Waals surface area contributed by atoms with E-state index in [1.807, 2.05) is 58.4 Å². The minimum absolute atomic E-state index is 0.0767. The molecular formula is C17H22N2O3S. The van der Waals surface area contributed by atoms with Crippen molar-refractivity contribution in [3.8, 4) is 0 Å². The molecule has 3 atom stereocenters. The molecule has 3 heterocycles. The number of nitrogens with zero attached hydrogens (tertiary/aromatic N) is 2. The third kappa shape index (κ3) is 3.65. The normalized spacial score (nSPS) is 21.1. The minimum atomic E-state index is -0.557. The highest BCUT2D eigenvalue weighted by Crippen LogP contribution is 2.27. The number of morpholine rings is 1. The number of hydrogen-bond acceptors (Lipinski definition) is 4. The summed E-state index contributed by atoms with van der Waals surface area (Å²) in [6.45, 7) is 3.51. The van der Waals surface area contributed by atoms with E-state index < -0.39 is 6.10 Å². The van der Waals surface area contributed by atoms with Gasteiger partial charge in [-0.2, -0.15) is 0 Å². The van der Waals surface area contributed by atoms with Gasteiger partial charge in [0.1, 0.15) is 6.04 Å². The molecule has 1 aliphatic heterocycles. The zero-order valence-electron chi connectivity index (χ0n) is 13.2. The van der Waals surface area contributed by atoms with Crippen LogP contribution in [0.25, 0.3) is 0 Å². The number of hydrogen-bond donors (Lipinski definition) is 1. The zero-order chi connectivity index (χ0) is 16.2. The minimum Gasteiger partial charge on any atom is -0.387 e. The molecule has 3 unspecified atom stereocenters. The van der Waals surface area contributed by atoms with Crippen molar-refractivity contribution in [2.24, 2.45) is 0 Å². The largest absolute Gasteiger partial charge is 0.387 e. The van der Waals surface area contributed by atoms with Crippen molar-refractivity contribution >= 4 is 17.2 Å². The zero-order valence-corrected chi connectivity index (χ0v) is 14.0. The highest BCUT2D eigenvalue weighted by Gasteiger charge is 2.32. The number of aliphatic hydroxyl groups is 1. The molecule has 0 saturated carbocycles. The first-order valence-corrected chi connectivity index (χ1v) is 8.77. The molecule has 3 rings (SSSR count). The fourth-order valence-electron chi connectivity index (χ4n) is 2.97. The molecule has 2 aromatic rings. The Bertz CT molecular complexity index is 612. The second kappa shape index (κ2) is 7.29. The van der Waals surface area contributed by atoms with E-state index >= 15 is 0 Å². The lowest BCUT2D eigenvalue weighted by atomic mass is 10.0. The molecule has 1 N–H and O–H groups in total. The number of carbonyl (C=O) groups is 1. The van der Waals surface area contributed by atoms with E-state index in [1.165, 1.54) is 11.3 Å². The van der Waals surface area contributed by atoms with Crippen molar-refractivity contribution in [3.63, 3.8) is 0 Å². The van der Waals surface area contributed by atoms with Gasteiger partial charge in [-0.1, -0.05) is 6.07 Å². The summed E-state index contributed by atoms with van der Waals surface area (Å²) in [5.74, 6) is 0.0767. The molecule has 2 aromatic heterocycles. The van der Waals surface area contributed by atoms with Crippen LogP contribution in [-0.4, -0.2) is 46.3 Å². The predicted octanol–water partition coefficient (Wildman–Crippen LogP) is 2.46. The lowest BCUT2D eigenvalue weighted by Crippen LogP contribution is -2.51. The summed E-state index contributed by atoms with van der Waals surface area (Å²) in [4.78, 5) is 15.6. The molecule has 0 aromatic carbocycles. The molecule has 0 bridgehead atoms. The molecular weight excluding hydrogens is 312 g/mol. The summed E-state index contributed by atoms with van der Waals surface area (Å²) in [5, 5.41) is 12.3. The Labute approximate surface area is 140 Å². The van der Waals surface area contributed by atoms with Crippen molar-refractivity contribution in [2.45, 2.75) is 31.5 Å². The topological polar surface area (TPSA) is 54.7 Å². The third-order valence-electron chi connectivity index (χ3n) is 4.31. The molecule has 6 heteroatoms. The van der Waals surface area contributed by atoms with Gasteiger partial charge in [-0.3, -0.25) is 4.79 Å². The summed E-state index contributed by atoms with van der Waals surface area (Å²) < 4.78 is 7.45. The molecule has 1 amide bonds. The second-order valence-corrected chi connectivity index (χ2v) is 6.81. The number of rotatable bonds is 5. The fourth-order valence-corrected chi connectivity index (χ4v) is 3.69. The Morgan fingerprint density at radius 3 is 2.91 bits per heavy atom. The van der Waals surface area contributed by atoms with Crippen molar-refractivity contribution in [3.05, 3.63) is 46.9 Å². The Balaban J connectivity index is 1.69. The van der Waals surface area contributed by atoms with Gasteiger partial charge in [-0.05, 0) is 30.5 Å². The number of aliphatic hydroxyl groups excluding tert-OH is 1. The van der Waals surface area contributed by atoms with E-state index in [9.17, 15) is 9.90 Å². The van der Waals surface area contributed by atoms with Gasteiger partial charge in [-0.25, -0.2) is 0 Å². The molecule has 1 aliphatic rings. The van der Waals surface area contributed by atoms with Crippen LogP contribution in [0.1, 0.15) is 30.4 Å². The van der Waals surface area contributed by atoms with Crippen molar-refractivity contribution in [2.75, 3.05) is 19.8 Å². The van der Waals surface area contributed by atoms with Gasteiger partial charge < -0.3 is 19.3 Å². The standard InChI is InChI=1S/C17H22N2O3S/c1-13(18-6-2-3-7-18)17(21)19-8-9-22-12-14(19)11-15(20)16-5-4-10-23-16/h2-7,10,13-15,20H,8-9,11-12H2,1H3. The maximum Gasteiger partial charge on any atom is 0.245 e. The van der Waals surface area contributed by atoms with Crippen LogP contribution < -0.4 is 0 Å². The van der Waals surface area contributed by atoms with Crippen molar-refractivity contribution < 1.29 is 14.6 Å². The van der Waals surface area contributed by atoms with Crippen molar-refractivity contribution in [1.29, 1.82) is 0 Å². The van der Waals surface area contributed by atoms with Gasteiger partial charge in [-0.15, -0.1) is 11.3 Å². The maximum atomic E-state index is 12.8. The van der Waals surface area contributed by atoms with Gasteiger partial charge in [0.25, 0.3) is 0 Å². The van der Waals surface area contributed by atoms with E-state index in [0.29, 0.717) is 26.2 Å². The van der Waals surface area contributed by atoms with Crippen molar-refractivity contribution in [1.82, 2.24) is 9.47 Å². The predicted molar refractivity (Wildman–Crippen MR) is 89.4 cm³/mol. The third-order valence-corrected chi connectivity index (χ3v) is 5.28. The van der Waals surface area contributed by atoms with Crippen LogP contribution in [0.2, 0.25) is 0 Å². The number of ether oxygens (including phenoxy) is 1. The molecule has 1 fully saturated rings. The fraction of sp³-hybridized carbons (Fsp3) is 0.471. The SMILES string of the molecule is CC(C(=O)N1CCOCC1CC(O)c1cccs1)n1cccc1. The number of amides is 1. The van der Waals surface area contributed by atoms with Gasteiger partial charge in [0.2, 0.25) is 5.91 Å². The van der Waals surface area contributed by atoms with Crippen LogP contribution >= 0.6 is 11.3 Å². The van der Waals surface area contributed by atoms with Crippen LogP contribution in [-0.2, 0) is 9.53 Å². The molecule has 23 heavy (non-hydrogen) atoms. The van der Waals surface area contributed by atoms with Gasteiger partial charge >= 0.3 is 0 Å². The van der Waals surface area contributed by atoms with E-state index in [2.05, 4.69) is 0 Å². The summed E-state index contributed by atoms with van der Waals surface area (Å²) in [6.07, 6.45) is 3.75. The van der Waals surface area contributed by atoms with E-state index in [1.54, 1.807) is 0 Å². The van der Waals surface area contributed by atoms with Gasteiger partial charge in [0, 0.05) is 30.2 Å². The lowest BCUT2D eigenvalue weighted by molar-refractivity contribution is -0.144. The Morgan fingerprint density at radius 1 is 1.43 bits per heavy atom. The van der Waals surface area contributed by atoms with Crippen LogP contribution in [0.15, 0.2) is 42.0 Å². The average Bonchev–Trinajstić information content (AvgIpc) is 3.27. The maximum absolute atomic E-state index is 12.8. The van der Waals surface area contributed by atoms with Gasteiger partial charge in [0.05, 0.1) is 25.4 Å². The first-order valence-electron chi connectivity index (χ1n) is 7.89. The second-order valence-electron chi connectivity index (χ2n) is 5.83. The first kappa shape index (κ1) is 16.2. The van der Waals surface area contributed by atoms with E-state index in [0.717, 1.165) is 4.88 Å². The molecule has 0 spiro atoms. The highest BCUT2D eigenvalue weighted by molar-refractivity contribution is 7.10. The quantitative estimate of drug-likeness (QED) is 0.914. The number of aromatic nitrogens is 1. The monoisotopic (exact) mass is 334 g/mol. The summed E-state index contributed by atoms with van der Waals surface area (Å²) >= 11 is 1.54. The van der Waals surface area contributed by atoms with Crippen LogP contribution in [0, 0.1) is 0 Å². The Hall–Kier alpha value is -1.63. The smallest absolute Gasteiger partial charge is 0.245 e. The van der Waals surface area contributed by atoms with E-state index in [4.69, 9.17) is 4.74 Å². The van der Waals surface area contributed by atoms with Crippen LogP contribution in [0.5, 0.6) is 0 Å². The summed E-state index contributed by atoms with van der Waals surface area (Å²) in [7, 11) is 0. The lowest BCUT2D eigenvalue weighted by Gasteiger charge is -2.38. The molecule has 5 nitrogen and oxygen atoms in total. The van der Waals surface area contributed by atoms with E-state index in [-0.39, 0.29) is 18.0 Å². The van der Waals surface area contributed by atoms with Crippen LogP contribution in [0.4, 0.5) is 0 Å². The Kier molecular flexibility index (Phi) is 5.15. The number of carbonyl (C=O) groups excluding carboxylic acids is 1. The number of thiophene rings is 1. The molecule has 0 aliphatic carbocycles. The molecule has 1 saturated heterocycles. The van der Waals surface area contributed by atoms with Gasteiger partial charge in [0.15, 0.2) is 0 Å². The summed E-state index contributed by atoms with van der Waals surface area (Å²) in [6, 6.07) is 7.35. The average molecular weight is 334 g/mol. The molecule has 0 radical (unpaired) electrons. The molecule has 124 valence electrons. The Morgan fingerprint density at radius 2 is 2.22 bits per heavy atom. The highest BCUT2D eigenvalue weighted by atomic mass is 32.1. The van der Waals surface area contributed by atoms with Crippen LogP contribution in [0.3, 0.4) is 0 Å². The summed E-state index contributed by atoms with van der Waals surface area (Å²) in [5.41, 5.74) is 0.